The van der Waals surface area contributed by atoms with Gasteiger partial charge in [0.15, 0.2) is 0 Å². The van der Waals surface area contributed by atoms with Crippen LogP contribution in [-0.4, -0.2) is 68.3 Å². The predicted octanol–water partition coefficient (Wildman–Crippen LogP) is 6.88. The van der Waals surface area contributed by atoms with Crippen LogP contribution in [0.1, 0.15) is 57.7 Å². The van der Waals surface area contributed by atoms with Crippen molar-refractivity contribution in [2.75, 3.05) is 20.2 Å². The monoisotopic (exact) mass is 648 g/mol. The molecule has 3 heterocycles. The maximum absolute atomic E-state index is 14.1. The molecule has 0 aliphatic carbocycles. The van der Waals surface area contributed by atoms with Crippen molar-refractivity contribution in [3.05, 3.63) is 126 Å². The summed E-state index contributed by atoms with van der Waals surface area (Å²) < 4.78 is 6.67. The molecule has 0 spiro atoms. The number of fused-ring (bicyclic) bond motifs is 1. The maximum atomic E-state index is 14.1. The Labute approximate surface area is 277 Å². The molecule has 6 rings (SSSR count). The second-order valence-corrected chi connectivity index (χ2v) is 12.6. The highest BCUT2D eigenvalue weighted by molar-refractivity contribution is 7.97. The number of H-pyrrole nitrogens is 1. The minimum absolute atomic E-state index is 0.0509. The summed E-state index contributed by atoms with van der Waals surface area (Å²) in [6.45, 7) is 2.78. The number of aromatic nitrogens is 2. The highest BCUT2D eigenvalue weighted by Crippen LogP contribution is 2.38. The van der Waals surface area contributed by atoms with Crippen LogP contribution in [0.25, 0.3) is 10.9 Å². The second kappa shape index (κ2) is 14.1. The van der Waals surface area contributed by atoms with Crippen molar-refractivity contribution in [1.82, 2.24) is 19.2 Å². The van der Waals surface area contributed by atoms with Crippen molar-refractivity contribution >= 4 is 40.6 Å². The molecule has 9 nitrogen and oxygen atoms in total. The van der Waals surface area contributed by atoms with E-state index < -0.39 is 17.9 Å². The molecular weight excluding hydrogens is 612 g/mol. The number of rotatable bonds is 10. The van der Waals surface area contributed by atoms with Crippen molar-refractivity contribution in [3.63, 3.8) is 0 Å². The molecular formula is C37H36N4O5S. The number of nitrogens with one attached hydrogen (secondary N) is 1. The van der Waals surface area contributed by atoms with Crippen LogP contribution >= 0.6 is 11.9 Å². The van der Waals surface area contributed by atoms with Crippen LogP contribution in [-0.2, 0) is 4.79 Å². The third-order valence-electron chi connectivity index (χ3n) is 8.79. The Morgan fingerprint density at radius 3 is 2.21 bits per heavy atom. The van der Waals surface area contributed by atoms with Gasteiger partial charge < -0.3 is 19.7 Å². The molecule has 1 atom stereocenters. The van der Waals surface area contributed by atoms with E-state index in [1.54, 1.807) is 26.2 Å². The summed E-state index contributed by atoms with van der Waals surface area (Å²) in [5.41, 5.74) is 3.46. The van der Waals surface area contributed by atoms with E-state index in [9.17, 15) is 19.5 Å². The number of nitrogens with zero attached hydrogens (tertiary/aromatic N) is 3. The molecule has 10 heteroatoms. The summed E-state index contributed by atoms with van der Waals surface area (Å²) in [6, 6.07) is 30.2. The van der Waals surface area contributed by atoms with E-state index in [-0.39, 0.29) is 28.1 Å². The average molecular weight is 649 g/mol. The Bertz CT molecular complexity index is 1830. The first-order valence-corrected chi connectivity index (χ1v) is 16.4. The molecule has 1 fully saturated rings. The summed E-state index contributed by atoms with van der Waals surface area (Å²) in [5.74, 6) is -0.642. The van der Waals surface area contributed by atoms with Gasteiger partial charge in [-0.15, -0.1) is 0 Å². The standard InChI is InChI=1S/C37H36N4O5S/c1-24(35(42)40-20-17-27(18-21-40)33(25-10-5-3-6-11-25)26-12-7-4-8-13-26)41(47-34-30(37(44)45)14-9-19-38-34)36(43)32-23-28-22-29(46-2)15-16-31(28)39-32/h3-16,19,22-24,27,33,39H,17-18,20-21H2,1-2H3,(H,44,45)/t24-/m1/s1. The molecule has 1 aliphatic heterocycles. The fraction of sp³-hybridized carbons (Fsp3) is 0.243. The first-order valence-electron chi connectivity index (χ1n) is 15.6. The van der Waals surface area contributed by atoms with Crippen molar-refractivity contribution in [2.24, 2.45) is 5.92 Å². The fourth-order valence-electron chi connectivity index (χ4n) is 6.36. The van der Waals surface area contributed by atoms with Gasteiger partial charge in [0.05, 0.1) is 12.7 Å². The quantitative estimate of drug-likeness (QED) is 0.159. The first kappa shape index (κ1) is 31.9. The Hall–Kier alpha value is -5.09. The van der Waals surface area contributed by atoms with Gasteiger partial charge in [0.1, 0.15) is 22.5 Å². The van der Waals surface area contributed by atoms with Gasteiger partial charge in [-0.3, -0.25) is 13.9 Å². The zero-order chi connectivity index (χ0) is 32.9. The molecule has 2 amide bonds. The number of aromatic amines is 1. The zero-order valence-corrected chi connectivity index (χ0v) is 27.0. The molecule has 2 N–H and O–H groups in total. The number of likely N-dealkylation sites (tertiary alicyclic amines) is 1. The van der Waals surface area contributed by atoms with Gasteiger partial charge in [0, 0.05) is 48.1 Å². The van der Waals surface area contributed by atoms with E-state index in [2.05, 4.69) is 58.5 Å². The molecule has 0 radical (unpaired) electrons. The van der Waals surface area contributed by atoms with Gasteiger partial charge in [0.25, 0.3) is 5.91 Å². The summed E-state index contributed by atoms with van der Waals surface area (Å²) in [4.78, 5) is 49.5. The number of ether oxygens (including phenoxy) is 1. The molecule has 240 valence electrons. The molecule has 1 aliphatic rings. The zero-order valence-electron chi connectivity index (χ0n) is 26.2. The van der Waals surface area contributed by atoms with Crippen LogP contribution in [0.3, 0.4) is 0 Å². The van der Waals surface area contributed by atoms with Gasteiger partial charge >= 0.3 is 5.97 Å². The number of piperidine rings is 1. The highest BCUT2D eigenvalue weighted by atomic mass is 32.2. The Morgan fingerprint density at radius 2 is 1.60 bits per heavy atom. The number of carboxylic acid groups (broad SMARTS) is 1. The SMILES string of the molecule is COc1ccc2[nH]c(C(=O)N(Sc3ncccc3C(=O)O)[C@H](C)C(=O)N3CCC(C(c4ccccc4)c4ccccc4)CC3)cc2c1. The number of hydrogen-bond donors (Lipinski definition) is 2. The fourth-order valence-corrected chi connectivity index (χ4v) is 7.34. The minimum atomic E-state index is -1.17. The summed E-state index contributed by atoms with van der Waals surface area (Å²) in [7, 11) is 1.57. The Morgan fingerprint density at radius 1 is 0.936 bits per heavy atom. The number of hydrogen-bond acceptors (Lipinski definition) is 6. The smallest absolute Gasteiger partial charge is 0.338 e. The topological polar surface area (TPSA) is 116 Å². The number of carbonyl (C=O) groups excluding carboxylic acids is 2. The minimum Gasteiger partial charge on any atom is -0.497 e. The second-order valence-electron chi connectivity index (χ2n) is 11.7. The van der Waals surface area contributed by atoms with E-state index in [1.165, 1.54) is 33.8 Å². The van der Waals surface area contributed by atoms with Crippen molar-refractivity contribution < 1.29 is 24.2 Å². The third-order valence-corrected chi connectivity index (χ3v) is 9.97. The number of amides is 2. The van der Waals surface area contributed by atoms with E-state index >= 15 is 0 Å². The maximum Gasteiger partial charge on any atom is 0.338 e. The summed E-state index contributed by atoms with van der Waals surface area (Å²) in [5, 5.41) is 10.7. The summed E-state index contributed by atoms with van der Waals surface area (Å²) >= 11 is 0.864. The van der Waals surface area contributed by atoms with E-state index in [0.29, 0.717) is 24.8 Å². The van der Waals surface area contributed by atoms with Gasteiger partial charge in [-0.05, 0) is 73.2 Å². The number of carbonyl (C=O) groups is 3. The largest absolute Gasteiger partial charge is 0.497 e. The lowest BCUT2D eigenvalue weighted by molar-refractivity contribution is -0.135. The number of carboxylic acids is 1. The van der Waals surface area contributed by atoms with Crippen molar-refractivity contribution in [2.45, 2.75) is 36.8 Å². The Kier molecular flexibility index (Phi) is 9.58. The van der Waals surface area contributed by atoms with Gasteiger partial charge in [-0.1, -0.05) is 60.7 Å². The van der Waals surface area contributed by atoms with Crippen molar-refractivity contribution in [3.8, 4) is 5.75 Å². The molecule has 2 aromatic heterocycles. The van der Waals surface area contributed by atoms with Gasteiger partial charge in [-0.2, -0.15) is 0 Å². The lowest BCUT2D eigenvalue weighted by atomic mass is 9.76. The highest BCUT2D eigenvalue weighted by Gasteiger charge is 2.36. The third kappa shape index (κ3) is 6.88. The van der Waals surface area contributed by atoms with Crippen LogP contribution in [0.4, 0.5) is 0 Å². The lowest BCUT2D eigenvalue weighted by Crippen LogP contribution is -2.49. The summed E-state index contributed by atoms with van der Waals surface area (Å²) in [6.07, 6.45) is 3.09. The van der Waals surface area contributed by atoms with Crippen molar-refractivity contribution in [1.29, 1.82) is 0 Å². The molecule has 1 saturated heterocycles. The predicted molar refractivity (Wildman–Crippen MR) is 182 cm³/mol. The van der Waals surface area contributed by atoms with E-state index in [0.717, 1.165) is 35.7 Å². The number of benzene rings is 3. The molecule has 0 bridgehead atoms. The average Bonchev–Trinajstić information content (AvgIpc) is 3.55. The van der Waals surface area contributed by atoms with E-state index in [1.807, 2.05) is 29.2 Å². The lowest BCUT2D eigenvalue weighted by Gasteiger charge is -2.39. The van der Waals surface area contributed by atoms with Gasteiger partial charge in [-0.25, -0.2) is 9.78 Å². The van der Waals surface area contributed by atoms with Crippen LogP contribution in [0, 0.1) is 5.92 Å². The Balaban J connectivity index is 1.25. The van der Waals surface area contributed by atoms with Crippen LogP contribution in [0.5, 0.6) is 5.75 Å². The number of pyridine rings is 1. The molecule has 0 saturated carbocycles. The van der Waals surface area contributed by atoms with Crippen LogP contribution in [0.15, 0.2) is 108 Å². The van der Waals surface area contributed by atoms with Gasteiger partial charge in [0.2, 0.25) is 5.91 Å². The molecule has 3 aromatic carbocycles. The molecule has 5 aromatic rings. The van der Waals surface area contributed by atoms with Crippen LogP contribution in [0.2, 0.25) is 0 Å². The number of aromatic carboxylic acids is 1. The normalized spacial score (nSPS) is 14.2. The van der Waals surface area contributed by atoms with E-state index in [4.69, 9.17) is 4.74 Å². The molecule has 0 unspecified atom stereocenters. The number of methoxy groups -OCH3 is 1. The first-order chi connectivity index (χ1) is 22.8. The van der Waals surface area contributed by atoms with Crippen LogP contribution < -0.4 is 4.74 Å². The molecule has 47 heavy (non-hydrogen) atoms.